The van der Waals surface area contributed by atoms with Crippen molar-refractivity contribution in [3.8, 4) is 17.3 Å². The van der Waals surface area contributed by atoms with E-state index < -0.39 is 5.82 Å². The molecule has 1 aliphatic heterocycles. The Kier molecular flexibility index (Phi) is 8.07. The fourth-order valence-electron chi connectivity index (χ4n) is 5.24. The number of fused-ring (bicyclic) bond motifs is 1. The lowest BCUT2D eigenvalue weighted by Gasteiger charge is -2.16. The molecule has 0 saturated carbocycles. The molecule has 13 nitrogen and oxygen atoms in total. The molecule has 1 fully saturated rings. The van der Waals surface area contributed by atoms with Crippen LogP contribution in [-0.2, 0) is 11.8 Å². The average molecular weight is 600 g/mol. The van der Waals surface area contributed by atoms with Crippen LogP contribution in [0.15, 0.2) is 42.9 Å². The van der Waals surface area contributed by atoms with E-state index in [0.717, 1.165) is 39.6 Å². The lowest BCUT2D eigenvalue weighted by Crippen LogP contribution is -2.33. The zero-order valence-electron chi connectivity index (χ0n) is 25.0. The van der Waals surface area contributed by atoms with E-state index in [2.05, 4.69) is 41.0 Å². The normalized spacial score (nSPS) is 15.1. The number of H-pyrrole nitrogens is 1. The van der Waals surface area contributed by atoms with Gasteiger partial charge in [-0.1, -0.05) is 12.1 Å². The minimum Gasteiger partial charge on any atom is -0.459 e. The Balaban J connectivity index is 1.11. The summed E-state index contributed by atoms with van der Waals surface area (Å²) in [6.07, 6.45) is 5.27. The molecule has 5 aromatic rings. The molecule has 0 spiro atoms. The number of nitrogens with zero attached hydrogens (tertiary/aromatic N) is 7. The lowest BCUT2D eigenvalue weighted by molar-refractivity contribution is -0.117. The summed E-state index contributed by atoms with van der Waals surface area (Å²) >= 11 is 0. The highest BCUT2D eigenvalue weighted by Crippen LogP contribution is 2.33. The van der Waals surface area contributed by atoms with Gasteiger partial charge in [0.25, 0.3) is 0 Å². The van der Waals surface area contributed by atoms with Gasteiger partial charge >= 0.3 is 6.01 Å². The zero-order chi connectivity index (χ0) is 30.8. The van der Waals surface area contributed by atoms with Gasteiger partial charge in [-0.25, -0.2) is 19.3 Å². The first kappa shape index (κ1) is 29.0. The Labute approximate surface area is 253 Å². The fraction of sp³-hybridized carbons (Fsp3) is 0.333. The van der Waals surface area contributed by atoms with Crippen molar-refractivity contribution in [2.24, 2.45) is 7.05 Å². The minimum atomic E-state index is -0.530. The summed E-state index contributed by atoms with van der Waals surface area (Å²) < 4.78 is 21.5. The van der Waals surface area contributed by atoms with Gasteiger partial charge in [0.05, 0.1) is 29.6 Å². The number of anilines is 4. The fourth-order valence-corrected chi connectivity index (χ4v) is 5.24. The van der Waals surface area contributed by atoms with Crippen LogP contribution in [0.1, 0.15) is 24.6 Å². The molecule has 0 bridgehead atoms. The standard InChI is InChI=1S/C30H34FN11O2/c1-5-32-28-22(31)14-35-30(39-28)44-19-9-10-42(15-19)16-25(43)36-23-8-6-7-20-21(13-33-27(20)23)26-17(2)12-34-29(38-26)37-24-11-18(3)41(4)40-24/h6-8,11-14,19,33H,5,9-10,15-16H2,1-4H3,(H,36,43)(H,32,35,39)(H,34,37,38,40). The molecule has 0 aliphatic carbocycles. The molecule has 1 atom stereocenters. The summed E-state index contributed by atoms with van der Waals surface area (Å²) in [7, 11) is 1.88. The summed E-state index contributed by atoms with van der Waals surface area (Å²) in [6, 6.07) is 7.81. The maximum Gasteiger partial charge on any atom is 0.318 e. The van der Waals surface area contributed by atoms with Crippen molar-refractivity contribution in [2.75, 3.05) is 42.1 Å². The Morgan fingerprint density at radius 3 is 2.86 bits per heavy atom. The molecule has 0 radical (unpaired) electrons. The Hall–Kier alpha value is -5.11. The number of amides is 1. The number of benzene rings is 1. The van der Waals surface area contributed by atoms with Crippen molar-refractivity contribution in [1.82, 2.24) is 39.6 Å². The highest BCUT2D eigenvalue weighted by atomic mass is 19.1. The molecule has 4 aromatic heterocycles. The number of ether oxygens (including phenoxy) is 1. The van der Waals surface area contributed by atoms with Gasteiger partial charge in [-0.2, -0.15) is 10.1 Å². The molecular weight excluding hydrogens is 565 g/mol. The average Bonchev–Trinajstić information content (AvgIpc) is 3.71. The van der Waals surface area contributed by atoms with Crippen LogP contribution in [-0.4, -0.2) is 77.8 Å². The Morgan fingerprint density at radius 1 is 1.20 bits per heavy atom. The van der Waals surface area contributed by atoms with Crippen LogP contribution >= 0.6 is 0 Å². The van der Waals surface area contributed by atoms with Gasteiger partial charge in [0.1, 0.15) is 6.10 Å². The van der Waals surface area contributed by atoms with E-state index in [9.17, 15) is 9.18 Å². The number of nitrogens with one attached hydrogen (secondary N) is 4. The van der Waals surface area contributed by atoms with Gasteiger partial charge in [0, 0.05) is 61.8 Å². The number of hydrogen-bond donors (Lipinski definition) is 4. The second-order valence-electron chi connectivity index (χ2n) is 10.8. The first-order valence-corrected chi connectivity index (χ1v) is 14.4. The first-order valence-electron chi connectivity index (χ1n) is 14.4. The quantitative estimate of drug-likeness (QED) is 0.184. The van der Waals surface area contributed by atoms with Crippen LogP contribution in [0.5, 0.6) is 6.01 Å². The zero-order valence-corrected chi connectivity index (χ0v) is 25.0. The van der Waals surface area contributed by atoms with Gasteiger partial charge < -0.3 is 25.7 Å². The SMILES string of the molecule is CCNc1nc(OC2CCN(CC(=O)Nc3cccc4c(-c5nc(Nc6cc(C)n(C)n6)ncc5C)c[nH]c34)C2)ncc1F. The number of aromatic nitrogens is 7. The van der Waals surface area contributed by atoms with Crippen molar-refractivity contribution in [1.29, 1.82) is 0 Å². The third-order valence-electron chi connectivity index (χ3n) is 7.50. The van der Waals surface area contributed by atoms with E-state index in [4.69, 9.17) is 9.72 Å². The lowest BCUT2D eigenvalue weighted by atomic mass is 10.1. The number of aromatic amines is 1. The van der Waals surface area contributed by atoms with Crippen molar-refractivity contribution in [3.05, 3.63) is 59.9 Å². The largest absolute Gasteiger partial charge is 0.459 e. The number of carbonyl (C=O) groups excluding carboxylic acids is 1. The number of halogens is 1. The maximum atomic E-state index is 13.8. The van der Waals surface area contributed by atoms with E-state index in [0.29, 0.717) is 43.5 Å². The predicted molar refractivity (Wildman–Crippen MR) is 166 cm³/mol. The number of carbonyl (C=O) groups is 1. The smallest absolute Gasteiger partial charge is 0.318 e. The van der Waals surface area contributed by atoms with E-state index >= 15 is 0 Å². The second-order valence-corrected chi connectivity index (χ2v) is 10.8. The van der Waals surface area contributed by atoms with Gasteiger partial charge in [-0.05, 0) is 38.8 Å². The first-order chi connectivity index (χ1) is 21.3. The molecule has 1 aromatic carbocycles. The topological polar surface area (TPSA) is 151 Å². The summed E-state index contributed by atoms with van der Waals surface area (Å²) in [5.41, 5.74) is 5.08. The highest BCUT2D eigenvalue weighted by molar-refractivity contribution is 6.06. The van der Waals surface area contributed by atoms with Crippen molar-refractivity contribution < 1.29 is 13.9 Å². The molecular formula is C30H34FN11O2. The molecule has 44 heavy (non-hydrogen) atoms. The van der Waals surface area contributed by atoms with Crippen molar-refractivity contribution >= 4 is 40.1 Å². The van der Waals surface area contributed by atoms with Crippen LogP contribution in [0.3, 0.4) is 0 Å². The molecule has 6 rings (SSSR count). The maximum absolute atomic E-state index is 13.8. The van der Waals surface area contributed by atoms with Crippen LogP contribution < -0.4 is 20.7 Å². The van der Waals surface area contributed by atoms with Crippen LogP contribution in [0.2, 0.25) is 0 Å². The highest BCUT2D eigenvalue weighted by Gasteiger charge is 2.27. The third-order valence-corrected chi connectivity index (χ3v) is 7.50. The molecule has 1 unspecified atom stereocenters. The molecule has 228 valence electrons. The number of rotatable bonds is 10. The van der Waals surface area contributed by atoms with E-state index in [-0.39, 0.29) is 30.4 Å². The van der Waals surface area contributed by atoms with Gasteiger partial charge in [-0.3, -0.25) is 14.4 Å². The molecule has 5 heterocycles. The summed E-state index contributed by atoms with van der Waals surface area (Å²) in [4.78, 5) is 35.7. The minimum absolute atomic E-state index is 0.111. The molecule has 1 amide bonds. The third kappa shape index (κ3) is 6.15. The monoisotopic (exact) mass is 599 g/mol. The molecule has 4 N–H and O–H groups in total. The molecule has 1 saturated heterocycles. The summed E-state index contributed by atoms with van der Waals surface area (Å²) in [6.45, 7) is 7.73. The van der Waals surface area contributed by atoms with E-state index in [1.807, 2.05) is 63.2 Å². The number of likely N-dealkylation sites (tertiary alicyclic amines) is 1. The van der Waals surface area contributed by atoms with Crippen molar-refractivity contribution in [2.45, 2.75) is 33.3 Å². The van der Waals surface area contributed by atoms with Gasteiger partial charge in [0.2, 0.25) is 11.9 Å². The van der Waals surface area contributed by atoms with Crippen LogP contribution in [0.4, 0.5) is 27.7 Å². The number of hydrogen-bond acceptors (Lipinski definition) is 10. The Bertz CT molecular complexity index is 1800. The number of para-hydroxylation sites is 1. The van der Waals surface area contributed by atoms with Crippen LogP contribution in [0.25, 0.3) is 22.2 Å². The Morgan fingerprint density at radius 2 is 2.07 bits per heavy atom. The van der Waals surface area contributed by atoms with E-state index in [1.165, 1.54) is 0 Å². The van der Waals surface area contributed by atoms with E-state index in [1.54, 1.807) is 10.9 Å². The predicted octanol–water partition coefficient (Wildman–Crippen LogP) is 4.17. The second kappa shape index (κ2) is 12.2. The molecule has 14 heteroatoms. The van der Waals surface area contributed by atoms with Gasteiger partial charge in [-0.15, -0.1) is 0 Å². The summed E-state index contributed by atoms with van der Waals surface area (Å²) in [5, 5.41) is 14.4. The summed E-state index contributed by atoms with van der Waals surface area (Å²) in [5.74, 6) is 0.552. The number of aryl methyl sites for hydroxylation is 3. The van der Waals surface area contributed by atoms with Crippen LogP contribution in [0, 0.1) is 19.7 Å². The van der Waals surface area contributed by atoms with Crippen molar-refractivity contribution in [3.63, 3.8) is 0 Å². The van der Waals surface area contributed by atoms with Gasteiger partial charge in [0.15, 0.2) is 17.5 Å². The molecule has 1 aliphatic rings.